The van der Waals surface area contributed by atoms with Crippen LogP contribution in [0.25, 0.3) is 0 Å². The van der Waals surface area contributed by atoms with Crippen molar-refractivity contribution in [2.24, 2.45) is 23.2 Å². The van der Waals surface area contributed by atoms with Crippen molar-refractivity contribution in [2.45, 2.75) is 38.5 Å². The molecule has 0 atom stereocenters. The lowest BCUT2D eigenvalue weighted by molar-refractivity contribution is -0.143. The van der Waals surface area contributed by atoms with Crippen LogP contribution in [0.1, 0.15) is 38.5 Å². The van der Waals surface area contributed by atoms with Crippen LogP contribution in [0.3, 0.4) is 0 Å². The van der Waals surface area contributed by atoms with Crippen LogP contribution in [-0.4, -0.2) is 17.9 Å². The number of hydrogen-bond acceptors (Lipinski definition) is 3. The van der Waals surface area contributed by atoms with E-state index in [2.05, 4.69) is 4.98 Å². The Balaban J connectivity index is 1.63. The fourth-order valence-corrected chi connectivity index (χ4v) is 5.80. The monoisotopic (exact) mass is 276 g/mol. The number of aromatic nitrogens is 1. The van der Waals surface area contributed by atoms with Gasteiger partial charge in [0.05, 0.1) is 5.41 Å². The van der Waals surface area contributed by atoms with Crippen molar-refractivity contribution < 1.29 is 4.79 Å². The molecule has 0 aliphatic heterocycles. The van der Waals surface area contributed by atoms with Gasteiger partial charge in [0.1, 0.15) is 0 Å². The lowest BCUT2D eigenvalue weighted by Crippen LogP contribution is -2.54. The summed E-state index contributed by atoms with van der Waals surface area (Å²) in [5, 5.41) is 2.79. The highest BCUT2D eigenvalue weighted by atomic mass is 32.1. The number of rotatable bonds is 2. The van der Waals surface area contributed by atoms with Crippen molar-refractivity contribution in [2.75, 3.05) is 11.9 Å². The minimum atomic E-state index is -0.0465. The summed E-state index contributed by atoms with van der Waals surface area (Å²) in [7, 11) is 1.90. The van der Waals surface area contributed by atoms with E-state index in [0.29, 0.717) is 5.91 Å². The van der Waals surface area contributed by atoms with Gasteiger partial charge >= 0.3 is 0 Å². The third kappa shape index (κ3) is 1.76. The van der Waals surface area contributed by atoms with E-state index in [9.17, 15) is 4.79 Å². The maximum atomic E-state index is 13.0. The maximum Gasteiger partial charge on any atom is 0.234 e. The van der Waals surface area contributed by atoms with Crippen LogP contribution in [0, 0.1) is 23.2 Å². The number of nitrogens with zero attached hydrogens (tertiary/aromatic N) is 2. The zero-order valence-electron chi connectivity index (χ0n) is 11.3. The van der Waals surface area contributed by atoms with Gasteiger partial charge in [0.2, 0.25) is 5.91 Å². The predicted molar refractivity (Wildman–Crippen MR) is 76.1 cm³/mol. The molecule has 1 aromatic heterocycles. The van der Waals surface area contributed by atoms with Gasteiger partial charge in [0.15, 0.2) is 5.13 Å². The van der Waals surface area contributed by atoms with Crippen molar-refractivity contribution in [1.29, 1.82) is 0 Å². The first-order valence-electron chi connectivity index (χ1n) is 7.34. The Bertz CT molecular complexity index is 461. The van der Waals surface area contributed by atoms with Gasteiger partial charge in [-0.1, -0.05) is 0 Å². The SMILES string of the molecule is CN(C(=O)C12CC3CC(CC(C3)C1)C2)c1nccs1. The second-order valence-electron chi connectivity index (χ2n) is 6.88. The summed E-state index contributed by atoms with van der Waals surface area (Å²) in [6.07, 6.45) is 9.33. The lowest BCUT2D eigenvalue weighted by Gasteiger charge is -2.56. The second kappa shape index (κ2) is 4.05. The fourth-order valence-electron chi connectivity index (χ4n) is 5.20. The largest absolute Gasteiger partial charge is 0.291 e. The predicted octanol–water partition coefficient (Wildman–Crippen LogP) is 3.32. The molecule has 0 radical (unpaired) electrons. The van der Waals surface area contributed by atoms with Crippen molar-refractivity contribution in [3.05, 3.63) is 11.6 Å². The summed E-state index contributed by atoms with van der Waals surface area (Å²) in [5.74, 6) is 2.79. The summed E-state index contributed by atoms with van der Waals surface area (Å²) in [5.41, 5.74) is -0.0465. The molecule has 0 spiro atoms. The first-order valence-corrected chi connectivity index (χ1v) is 8.22. The van der Waals surface area contributed by atoms with Gasteiger partial charge in [0.25, 0.3) is 0 Å². The highest BCUT2D eigenvalue weighted by Gasteiger charge is 2.55. The van der Waals surface area contributed by atoms with Crippen LogP contribution >= 0.6 is 11.3 Å². The molecule has 19 heavy (non-hydrogen) atoms. The Morgan fingerprint density at radius 1 is 1.26 bits per heavy atom. The van der Waals surface area contributed by atoms with E-state index in [1.165, 1.54) is 19.3 Å². The number of thiazole rings is 1. The molecule has 4 heteroatoms. The van der Waals surface area contributed by atoms with E-state index >= 15 is 0 Å². The molecular weight excluding hydrogens is 256 g/mol. The van der Waals surface area contributed by atoms with Crippen LogP contribution < -0.4 is 4.90 Å². The van der Waals surface area contributed by atoms with Gasteiger partial charge in [-0.25, -0.2) is 4.98 Å². The molecule has 4 saturated carbocycles. The first-order chi connectivity index (χ1) is 9.16. The molecule has 0 unspecified atom stereocenters. The minimum Gasteiger partial charge on any atom is -0.291 e. The fraction of sp³-hybridized carbons (Fsp3) is 0.733. The van der Waals surface area contributed by atoms with Gasteiger partial charge in [-0.15, -0.1) is 11.3 Å². The molecule has 1 aromatic rings. The molecule has 0 aromatic carbocycles. The molecular formula is C15H20N2OS. The standard InChI is InChI=1S/C15H20N2OS/c1-17(14-16-2-3-19-14)13(18)15-7-10-4-11(8-15)6-12(5-10)9-15/h2-3,10-12H,4-9H2,1H3. The molecule has 4 fully saturated rings. The molecule has 5 rings (SSSR count). The topological polar surface area (TPSA) is 33.2 Å². The third-order valence-corrected chi connectivity index (χ3v) is 6.35. The third-order valence-electron chi connectivity index (χ3n) is 5.50. The lowest BCUT2D eigenvalue weighted by atomic mass is 9.49. The zero-order valence-corrected chi connectivity index (χ0v) is 12.2. The normalized spacial score (nSPS) is 39.5. The van der Waals surface area contributed by atoms with Gasteiger partial charge < -0.3 is 0 Å². The van der Waals surface area contributed by atoms with E-state index < -0.39 is 0 Å². The van der Waals surface area contributed by atoms with E-state index in [1.54, 1.807) is 17.5 Å². The molecule has 4 aliphatic rings. The van der Waals surface area contributed by atoms with Gasteiger partial charge in [0, 0.05) is 18.6 Å². The summed E-state index contributed by atoms with van der Waals surface area (Å²) in [4.78, 5) is 19.1. The summed E-state index contributed by atoms with van der Waals surface area (Å²) in [6.45, 7) is 0. The van der Waals surface area contributed by atoms with Gasteiger partial charge in [-0.05, 0) is 56.3 Å². The molecule has 0 N–H and O–H groups in total. The molecule has 3 nitrogen and oxygen atoms in total. The Morgan fingerprint density at radius 3 is 2.32 bits per heavy atom. The van der Waals surface area contributed by atoms with E-state index in [1.807, 2.05) is 17.3 Å². The Morgan fingerprint density at radius 2 is 1.84 bits per heavy atom. The number of carbonyl (C=O) groups is 1. The van der Waals surface area contributed by atoms with E-state index in [4.69, 9.17) is 0 Å². The maximum absolute atomic E-state index is 13.0. The number of carbonyl (C=O) groups excluding carboxylic acids is 1. The van der Waals surface area contributed by atoms with Gasteiger partial charge in [-0.3, -0.25) is 9.69 Å². The van der Waals surface area contributed by atoms with E-state index in [-0.39, 0.29) is 5.41 Å². The number of hydrogen-bond donors (Lipinski definition) is 0. The van der Waals surface area contributed by atoms with Crippen molar-refractivity contribution >= 4 is 22.4 Å². The Kier molecular flexibility index (Phi) is 2.53. The molecule has 1 heterocycles. The summed E-state index contributed by atoms with van der Waals surface area (Å²) in [6, 6.07) is 0. The van der Waals surface area contributed by atoms with Gasteiger partial charge in [-0.2, -0.15) is 0 Å². The molecule has 102 valence electrons. The number of anilines is 1. The first kappa shape index (κ1) is 11.9. The van der Waals surface area contributed by atoms with Crippen LogP contribution in [0.15, 0.2) is 11.6 Å². The second-order valence-corrected chi connectivity index (χ2v) is 7.75. The molecule has 0 saturated heterocycles. The van der Waals surface area contributed by atoms with E-state index in [0.717, 1.165) is 42.1 Å². The average Bonchev–Trinajstić information content (AvgIpc) is 2.89. The quantitative estimate of drug-likeness (QED) is 0.830. The Labute approximate surface area is 118 Å². The van der Waals surface area contributed by atoms with Crippen LogP contribution in [0.2, 0.25) is 0 Å². The summed E-state index contributed by atoms with van der Waals surface area (Å²) >= 11 is 1.56. The average molecular weight is 276 g/mol. The smallest absolute Gasteiger partial charge is 0.234 e. The van der Waals surface area contributed by atoms with Crippen molar-refractivity contribution in [3.8, 4) is 0 Å². The minimum absolute atomic E-state index is 0.0465. The zero-order chi connectivity index (χ0) is 13.0. The van der Waals surface area contributed by atoms with Crippen molar-refractivity contribution in [1.82, 2.24) is 4.98 Å². The van der Waals surface area contributed by atoms with Crippen LogP contribution in [0.5, 0.6) is 0 Å². The van der Waals surface area contributed by atoms with Crippen LogP contribution in [-0.2, 0) is 4.79 Å². The van der Waals surface area contributed by atoms with Crippen molar-refractivity contribution in [3.63, 3.8) is 0 Å². The highest BCUT2D eigenvalue weighted by Crippen LogP contribution is 2.60. The number of amides is 1. The highest BCUT2D eigenvalue weighted by molar-refractivity contribution is 7.13. The molecule has 4 bridgehead atoms. The Hall–Kier alpha value is -0.900. The summed E-state index contributed by atoms with van der Waals surface area (Å²) < 4.78 is 0. The molecule has 4 aliphatic carbocycles. The molecule has 1 amide bonds. The van der Waals surface area contributed by atoms with Crippen LogP contribution in [0.4, 0.5) is 5.13 Å².